The SMILES string of the molecule is O=[Si]=O.[Mg+2].[O-2].[O-2].[O-2].[Zr+4]. The van der Waals surface area contributed by atoms with E-state index < -0.39 is 9.29 Å². The largest absolute Gasteiger partial charge is 4.00 e. The van der Waals surface area contributed by atoms with Gasteiger partial charge in [0.25, 0.3) is 0 Å². The fourth-order valence-corrected chi connectivity index (χ4v) is 0. The normalized spacial score (nSPS) is 1.00. The van der Waals surface area contributed by atoms with Crippen LogP contribution in [0.5, 0.6) is 0 Å². The van der Waals surface area contributed by atoms with Crippen LogP contribution in [0.15, 0.2) is 0 Å². The third-order valence-electron chi connectivity index (χ3n) is 0. The second kappa shape index (κ2) is 81.8. The molecule has 0 aromatic carbocycles. The standard InChI is InChI=1S/Mg.O2Si.3O.Zr/c;1-3-2;;;;/q+2;;3*-2;+4. The monoisotopic (exact) mass is 222 g/mol. The Labute approximate surface area is 83.4 Å². The van der Waals surface area contributed by atoms with Gasteiger partial charge in [-0.1, -0.05) is 0 Å². The van der Waals surface area contributed by atoms with Crippen molar-refractivity contribution >= 4 is 32.3 Å². The summed E-state index contributed by atoms with van der Waals surface area (Å²) in [6.07, 6.45) is 0. The van der Waals surface area contributed by atoms with Gasteiger partial charge in [-0.3, -0.25) is 8.92 Å². The molecule has 5 nitrogen and oxygen atoms in total. The van der Waals surface area contributed by atoms with Crippen LogP contribution in [0, 0.1) is 0 Å². The molecule has 0 unspecified atom stereocenters. The predicted molar refractivity (Wildman–Crippen MR) is 14.9 cm³/mol. The van der Waals surface area contributed by atoms with E-state index in [9.17, 15) is 0 Å². The second-order valence-electron chi connectivity index (χ2n) is 0.0833. The fourth-order valence-electron chi connectivity index (χ4n) is 0. The van der Waals surface area contributed by atoms with Crippen LogP contribution in [0.4, 0.5) is 0 Å². The quantitative estimate of drug-likeness (QED) is 0.471. The van der Waals surface area contributed by atoms with Gasteiger partial charge < -0.3 is 16.4 Å². The molecular formula is MgO5SiZr. The molecule has 40 valence electrons. The van der Waals surface area contributed by atoms with Crippen LogP contribution in [-0.4, -0.2) is 32.3 Å². The third kappa shape index (κ3) is 163. The fraction of sp³-hybridized carbons (Fsp3) is 0. The molecule has 0 amide bonds. The molecule has 0 bridgehead atoms. The first kappa shape index (κ1) is 58.1. The number of hydrogen-bond acceptors (Lipinski definition) is 2. The zero-order chi connectivity index (χ0) is 2.71. The van der Waals surface area contributed by atoms with Gasteiger partial charge in [0.15, 0.2) is 0 Å². The Morgan fingerprint density at radius 3 is 0.875 bits per heavy atom. The van der Waals surface area contributed by atoms with Gasteiger partial charge in [0, 0.05) is 0 Å². The van der Waals surface area contributed by atoms with Crippen molar-refractivity contribution < 1.29 is 51.6 Å². The van der Waals surface area contributed by atoms with Crippen LogP contribution in [0.1, 0.15) is 0 Å². The molecular weight excluding hydrogens is 224 g/mol. The van der Waals surface area contributed by atoms with E-state index >= 15 is 0 Å². The Balaban J connectivity index is -0.00000000200. The van der Waals surface area contributed by atoms with Crippen molar-refractivity contribution in [1.29, 1.82) is 0 Å². The molecule has 0 saturated heterocycles. The van der Waals surface area contributed by atoms with E-state index in [2.05, 4.69) is 0 Å². The van der Waals surface area contributed by atoms with Gasteiger partial charge in [0.2, 0.25) is 0 Å². The maximum Gasteiger partial charge on any atom is 4.00 e. The minimum atomic E-state index is -1.42. The summed E-state index contributed by atoms with van der Waals surface area (Å²) in [6.45, 7) is 0. The molecule has 0 spiro atoms. The van der Waals surface area contributed by atoms with Gasteiger partial charge in [-0.2, -0.15) is 0 Å². The molecule has 8 heavy (non-hydrogen) atoms. The summed E-state index contributed by atoms with van der Waals surface area (Å²) >= 11 is 0. The molecule has 8 heteroatoms. The Hall–Kier alpha value is 1.35. The molecule has 0 aliphatic carbocycles. The van der Waals surface area contributed by atoms with Crippen molar-refractivity contribution in [2.75, 3.05) is 0 Å². The van der Waals surface area contributed by atoms with E-state index in [4.69, 9.17) is 8.92 Å². The summed E-state index contributed by atoms with van der Waals surface area (Å²) in [6, 6.07) is 0. The molecule has 0 heterocycles. The van der Waals surface area contributed by atoms with Gasteiger partial charge in [0.05, 0.1) is 0 Å². The minimum absolute atomic E-state index is 0. The smallest absolute Gasteiger partial charge is 2.00 e. The molecule has 0 aromatic heterocycles. The average molecular weight is 224 g/mol. The van der Waals surface area contributed by atoms with Crippen LogP contribution in [-0.2, 0) is 51.6 Å². The van der Waals surface area contributed by atoms with Crippen LogP contribution in [0.2, 0.25) is 0 Å². The van der Waals surface area contributed by atoms with E-state index in [0.29, 0.717) is 0 Å². The molecule has 0 fully saturated rings. The Kier molecular flexibility index (Phi) is 595. The zero-order valence-corrected chi connectivity index (χ0v) is 8.62. The molecule has 0 radical (unpaired) electrons. The van der Waals surface area contributed by atoms with Crippen LogP contribution >= 0.6 is 0 Å². The van der Waals surface area contributed by atoms with E-state index in [1.54, 1.807) is 0 Å². The molecule has 0 rings (SSSR count). The summed E-state index contributed by atoms with van der Waals surface area (Å²) in [4.78, 5) is 0. The molecule has 0 aromatic rings. The Morgan fingerprint density at radius 2 is 0.875 bits per heavy atom. The molecule has 0 N–H and O–H groups in total. The van der Waals surface area contributed by atoms with Gasteiger partial charge >= 0.3 is 58.5 Å². The zero-order valence-electron chi connectivity index (χ0n) is 3.75. The van der Waals surface area contributed by atoms with Gasteiger partial charge in [-0.25, -0.2) is 0 Å². The topological polar surface area (TPSA) is 120 Å². The molecule has 0 aliphatic rings. The maximum absolute atomic E-state index is 8.40. The van der Waals surface area contributed by atoms with Gasteiger partial charge in [0.1, 0.15) is 0 Å². The molecule has 0 atom stereocenters. The summed E-state index contributed by atoms with van der Waals surface area (Å²) in [5, 5.41) is 0. The first-order valence-electron chi connectivity index (χ1n) is 0.408. The van der Waals surface area contributed by atoms with Crippen LogP contribution in [0.25, 0.3) is 0 Å². The first-order chi connectivity index (χ1) is 1.41. The first-order valence-corrected chi connectivity index (χ1v) is 1.22. The van der Waals surface area contributed by atoms with E-state index in [1.165, 1.54) is 0 Å². The molecule has 0 aliphatic heterocycles. The second-order valence-corrected chi connectivity index (χ2v) is 0.250. The Morgan fingerprint density at radius 1 is 0.875 bits per heavy atom. The van der Waals surface area contributed by atoms with Gasteiger partial charge in [-0.05, 0) is 0 Å². The average Bonchev–Trinajstić information content (AvgIpc) is 0.918. The van der Waals surface area contributed by atoms with Gasteiger partial charge in [-0.15, -0.1) is 0 Å². The van der Waals surface area contributed by atoms with Crippen molar-refractivity contribution in [3.05, 3.63) is 0 Å². The summed E-state index contributed by atoms with van der Waals surface area (Å²) < 4.78 is 16.8. The van der Waals surface area contributed by atoms with Crippen molar-refractivity contribution in [2.45, 2.75) is 0 Å². The van der Waals surface area contributed by atoms with Crippen molar-refractivity contribution in [1.82, 2.24) is 0 Å². The van der Waals surface area contributed by atoms with Crippen molar-refractivity contribution in [3.63, 3.8) is 0 Å². The minimum Gasteiger partial charge on any atom is -2.00 e. The van der Waals surface area contributed by atoms with E-state index in [1.807, 2.05) is 0 Å². The maximum atomic E-state index is 8.40. The summed E-state index contributed by atoms with van der Waals surface area (Å²) in [5.41, 5.74) is 0. The Bertz CT molecular complexity index is 33.4. The predicted octanol–water partition coefficient (Wildman–Crippen LogP) is -1.36. The molecule has 0 saturated carbocycles. The van der Waals surface area contributed by atoms with E-state index in [0.717, 1.165) is 0 Å². The van der Waals surface area contributed by atoms with Crippen LogP contribution in [0.3, 0.4) is 0 Å². The van der Waals surface area contributed by atoms with Crippen molar-refractivity contribution in [3.8, 4) is 0 Å². The van der Waals surface area contributed by atoms with Crippen molar-refractivity contribution in [2.24, 2.45) is 0 Å². The summed E-state index contributed by atoms with van der Waals surface area (Å²) in [7, 11) is -1.42. The number of rotatable bonds is 0. The third-order valence-corrected chi connectivity index (χ3v) is 0. The van der Waals surface area contributed by atoms with Crippen LogP contribution < -0.4 is 0 Å². The van der Waals surface area contributed by atoms with E-state index in [-0.39, 0.29) is 65.7 Å². The summed E-state index contributed by atoms with van der Waals surface area (Å²) in [5.74, 6) is 0. The number of hydrogen-bond donors (Lipinski definition) is 0.